The lowest BCUT2D eigenvalue weighted by Gasteiger charge is -2.41. The quantitative estimate of drug-likeness (QED) is 0.550. The molecule has 3 N–H and O–H groups in total. The minimum Gasteiger partial charge on any atom is -0.479 e. The number of fused-ring (bicyclic) bond motifs is 1. The Morgan fingerprint density at radius 2 is 2.16 bits per heavy atom. The highest BCUT2D eigenvalue weighted by Crippen LogP contribution is 2.34. The largest absolute Gasteiger partial charge is 0.479 e. The van der Waals surface area contributed by atoms with Gasteiger partial charge in [-0.2, -0.15) is 0 Å². The van der Waals surface area contributed by atoms with Gasteiger partial charge in [0, 0.05) is 30.4 Å². The molecule has 3 aromatic rings. The zero-order valence-electron chi connectivity index (χ0n) is 16.9. The first-order valence-corrected chi connectivity index (χ1v) is 10.2. The maximum absolute atomic E-state index is 12.1. The molecule has 1 unspecified atom stereocenters. The summed E-state index contributed by atoms with van der Waals surface area (Å²) in [5, 5.41) is 22.8. The number of carbonyl (C=O) groups excluding carboxylic acids is 1. The summed E-state index contributed by atoms with van der Waals surface area (Å²) in [5.41, 5.74) is 0.781. The molecular weight excluding hydrogens is 422 g/mol. The highest BCUT2D eigenvalue weighted by Gasteiger charge is 2.44. The molecule has 1 aliphatic rings. The van der Waals surface area contributed by atoms with Crippen LogP contribution in [0.3, 0.4) is 0 Å². The van der Waals surface area contributed by atoms with Crippen LogP contribution >= 0.6 is 11.6 Å². The van der Waals surface area contributed by atoms with Crippen LogP contribution in [0.5, 0.6) is 0 Å². The third-order valence-corrected chi connectivity index (χ3v) is 6.09. The van der Waals surface area contributed by atoms with Crippen LogP contribution in [0.2, 0.25) is 5.02 Å². The third-order valence-electron chi connectivity index (χ3n) is 5.61. The van der Waals surface area contributed by atoms with Gasteiger partial charge in [-0.15, -0.1) is 0 Å². The van der Waals surface area contributed by atoms with Crippen LogP contribution in [-0.4, -0.2) is 61.9 Å². The number of carboxylic acids is 1. The Bertz CT molecular complexity index is 1150. The number of imidazole rings is 1. The minimum absolute atomic E-state index is 0.0133. The number of nitrogens with one attached hydrogen (secondary N) is 1. The number of carbonyl (C=O) groups is 2. The van der Waals surface area contributed by atoms with Gasteiger partial charge < -0.3 is 25.0 Å². The van der Waals surface area contributed by atoms with Crippen molar-refractivity contribution in [2.24, 2.45) is 0 Å². The first-order chi connectivity index (χ1) is 14.8. The van der Waals surface area contributed by atoms with Crippen LogP contribution in [0.25, 0.3) is 16.6 Å². The van der Waals surface area contributed by atoms with Crippen LogP contribution in [-0.2, 0) is 9.59 Å². The number of aliphatic hydroxyl groups is 1. The van der Waals surface area contributed by atoms with Gasteiger partial charge >= 0.3 is 5.97 Å². The van der Waals surface area contributed by atoms with E-state index in [-0.39, 0.29) is 13.0 Å². The number of aliphatic carboxylic acids is 1. The molecule has 3 heterocycles. The summed E-state index contributed by atoms with van der Waals surface area (Å²) in [5.74, 6) is -1.33. The second kappa shape index (κ2) is 8.16. The van der Waals surface area contributed by atoms with Gasteiger partial charge in [0.15, 0.2) is 5.54 Å². The van der Waals surface area contributed by atoms with Gasteiger partial charge in [-0.1, -0.05) is 23.7 Å². The summed E-state index contributed by atoms with van der Waals surface area (Å²) >= 11 is 6.58. The molecule has 0 radical (unpaired) electrons. The molecule has 1 amide bonds. The molecule has 1 aromatic carbocycles. The van der Waals surface area contributed by atoms with E-state index in [0.29, 0.717) is 29.3 Å². The van der Waals surface area contributed by atoms with E-state index in [9.17, 15) is 14.7 Å². The molecule has 9 nitrogen and oxygen atoms in total. The fourth-order valence-electron chi connectivity index (χ4n) is 3.99. The Balaban J connectivity index is 1.83. The standard InChI is InChI=1S/C21H22ClN5O4/c1-13-3-4-14-15(27-8-6-23-12-27)9-16(24-19(14)18(13)22)26-7-2-5-21(11-26,20(30)31)25-17(29)10-28/h3-4,6,8-9,12,28H,2,5,7,10-11H2,1H3,(H,25,29)(H,30,31). The topological polar surface area (TPSA) is 121 Å². The Kier molecular flexibility index (Phi) is 5.55. The van der Waals surface area contributed by atoms with Crippen LogP contribution in [0.4, 0.5) is 5.82 Å². The molecule has 31 heavy (non-hydrogen) atoms. The van der Waals surface area contributed by atoms with E-state index >= 15 is 0 Å². The van der Waals surface area contributed by atoms with Gasteiger partial charge in [-0.25, -0.2) is 14.8 Å². The van der Waals surface area contributed by atoms with Gasteiger partial charge in [-0.3, -0.25) is 4.79 Å². The number of benzene rings is 1. The van der Waals surface area contributed by atoms with Crippen LogP contribution < -0.4 is 10.2 Å². The predicted molar refractivity (Wildman–Crippen MR) is 116 cm³/mol. The van der Waals surface area contributed by atoms with Gasteiger partial charge in [0.1, 0.15) is 12.4 Å². The van der Waals surface area contributed by atoms with Crippen molar-refractivity contribution in [1.29, 1.82) is 0 Å². The maximum Gasteiger partial charge on any atom is 0.331 e. The van der Waals surface area contributed by atoms with Crippen LogP contribution in [0, 0.1) is 6.92 Å². The molecule has 0 bridgehead atoms. The summed E-state index contributed by atoms with van der Waals surface area (Å²) in [7, 11) is 0. The Morgan fingerprint density at radius 1 is 1.35 bits per heavy atom. The predicted octanol–water partition coefficient (Wildman–Crippen LogP) is 1.91. The van der Waals surface area contributed by atoms with Gasteiger partial charge in [0.2, 0.25) is 5.91 Å². The van der Waals surface area contributed by atoms with E-state index in [1.807, 2.05) is 40.8 Å². The van der Waals surface area contributed by atoms with E-state index in [1.54, 1.807) is 12.5 Å². The maximum atomic E-state index is 12.1. The second-order valence-corrected chi connectivity index (χ2v) is 8.06. The summed E-state index contributed by atoms with van der Waals surface area (Å²) < 4.78 is 1.85. The lowest BCUT2D eigenvalue weighted by atomic mass is 9.88. The van der Waals surface area contributed by atoms with E-state index in [0.717, 1.165) is 16.6 Å². The zero-order chi connectivity index (χ0) is 22.2. The van der Waals surface area contributed by atoms with Crippen molar-refractivity contribution in [2.45, 2.75) is 25.3 Å². The molecule has 1 saturated heterocycles. The van der Waals surface area contributed by atoms with Gasteiger partial charge in [0.25, 0.3) is 0 Å². The summed E-state index contributed by atoms with van der Waals surface area (Å²) in [6.45, 7) is 1.70. The summed E-state index contributed by atoms with van der Waals surface area (Å²) in [6, 6.07) is 5.73. The van der Waals surface area contributed by atoms with E-state index in [1.165, 1.54) is 0 Å². The van der Waals surface area contributed by atoms with E-state index in [2.05, 4.69) is 10.3 Å². The van der Waals surface area contributed by atoms with Crippen LogP contribution in [0.15, 0.2) is 36.9 Å². The Labute approximate surface area is 183 Å². The molecule has 0 saturated carbocycles. The first-order valence-electron chi connectivity index (χ1n) is 9.83. The number of hydrogen-bond acceptors (Lipinski definition) is 6. The number of aliphatic hydroxyl groups excluding tert-OH is 1. The minimum atomic E-state index is -1.51. The smallest absolute Gasteiger partial charge is 0.331 e. The number of nitrogens with zero attached hydrogens (tertiary/aromatic N) is 4. The molecule has 1 atom stereocenters. The SMILES string of the molecule is Cc1ccc2c(-n3ccnc3)cc(N3CCCC(NC(=O)CO)(C(=O)O)C3)nc2c1Cl. The van der Waals surface area contributed by atoms with Gasteiger partial charge in [0.05, 0.1) is 29.1 Å². The fraction of sp³-hybridized carbons (Fsp3) is 0.333. The molecule has 1 aliphatic heterocycles. The number of halogens is 1. The summed E-state index contributed by atoms with van der Waals surface area (Å²) in [6.07, 6.45) is 5.94. The summed E-state index contributed by atoms with van der Waals surface area (Å²) in [4.78, 5) is 34.6. The molecule has 1 fully saturated rings. The number of carboxylic acid groups (broad SMARTS) is 1. The molecule has 162 valence electrons. The van der Waals surface area contributed by atoms with Crippen molar-refractivity contribution >= 4 is 40.2 Å². The van der Waals surface area contributed by atoms with Crippen molar-refractivity contribution in [2.75, 3.05) is 24.6 Å². The molecule has 10 heteroatoms. The number of hydrogen-bond donors (Lipinski definition) is 3. The normalized spacial score (nSPS) is 18.9. The number of aryl methyl sites for hydroxylation is 1. The molecule has 0 aliphatic carbocycles. The Morgan fingerprint density at radius 3 is 2.84 bits per heavy atom. The highest BCUT2D eigenvalue weighted by atomic mass is 35.5. The number of piperidine rings is 1. The number of aromatic nitrogens is 3. The van der Waals surface area contributed by atoms with Crippen molar-refractivity contribution < 1.29 is 19.8 Å². The lowest BCUT2D eigenvalue weighted by molar-refractivity contribution is -0.148. The average molecular weight is 444 g/mol. The number of amides is 1. The van der Waals surface area contributed by atoms with Crippen molar-refractivity contribution in [3.8, 4) is 5.69 Å². The molecule has 4 rings (SSSR count). The first kappa shape index (κ1) is 21.1. The third kappa shape index (κ3) is 3.82. The molecule has 0 spiro atoms. The average Bonchev–Trinajstić information content (AvgIpc) is 3.30. The van der Waals surface area contributed by atoms with Gasteiger partial charge in [-0.05, 0) is 25.3 Å². The lowest BCUT2D eigenvalue weighted by Crippen LogP contribution is -2.64. The highest BCUT2D eigenvalue weighted by molar-refractivity contribution is 6.36. The number of pyridine rings is 1. The monoisotopic (exact) mass is 443 g/mol. The zero-order valence-corrected chi connectivity index (χ0v) is 17.6. The Hall–Kier alpha value is -3.17. The fourth-order valence-corrected chi connectivity index (χ4v) is 4.20. The number of anilines is 1. The van der Waals surface area contributed by atoms with E-state index in [4.69, 9.17) is 21.7 Å². The second-order valence-electron chi connectivity index (χ2n) is 7.68. The van der Waals surface area contributed by atoms with Crippen molar-refractivity contribution in [1.82, 2.24) is 19.9 Å². The van der Waals surface area contributed by atoms with Crippen molar-refractivity contribution in [3.63, 3.8) is 0 Å². The van der Waals surface area contributed by atoms with Crippen LogP contribution in [0.1, 0.15) is 18.4 Å². The van der Waals surface area contributed by atoms with Crippen molar-refractivity contribution in [3.05, 3.63) is 47.5 Å². The molecule has 2 aromatic heterocycles. The van der Waals surface area contributed by atoms with E-state index < -0.39 is 24.0 Å². The number of rotatable bonds is 5. The molecular formula is C21H22ClN5O4.